The zero-order valence-electron chi connectivity index (χ0n) is 85.3. The van der Waals surface area contributed by atoms with Crippen LogP contribution in [0.15, 0.2) is 133 Å². The van der Waals surface area contributed by atoms with Gasteiger partial charge in [0.15, 0.2) is 0 Å². The van der Waals surface area contributed by atoms with E-state index in [4.69, 9.17) is 10.5 Å². The first-order valence-corrected chi connectivity index (χ1v) is 51.1. The molecule has 1 aromatic heterocycles. The summed E-state index contributed by atoms with van der Waals surface area (Å²) in [5, 5.41) is 73.9. The van der Waals surface area contributed by atoms with Gasteiger partial charge >= 0.3 is 24.0 Å². The highest BCUT2D eigenvalue weighted by molar-refractivity contribution is 7.17. The Morgan fingerprint density at radius 2 is 1.07 bits per heavy atom. The number of likely N-dealkylation sites (tertiary alicyclic amines) is 1. The second kappa shape index (κ2) is 53.0. The molecule has 0 unspecified atom stereocenters. The van der Waals surface area contributed by atoms with Crippen molar-refractivity contribution < 1.29 is 121 Å². The summed E-state index contributed by atoms with van der Waals surface area (Å²) < 4.78 is 6.73. The van der Waals surface area contributed by atoms with Crippen LogP contribution in [0.2, 0.25) is 0 Å². The molecule has 3 spiro atoms. The number of cyclic esters (lactones) is 1. The number of carboxylic acids is 3. The molecule has 3 fully saturated rings. The van der Waals surface area contributed by atoms with Crippen molar-refractivity contribution in [1.82, 2.24) is 89.6 Å². The summed E-state index contributed by atoms with van der Waals surface area (Å²) in [7, 11) is 0. The molecule has 18 amide bonds. The van der Waals surface area contributed by atoms with Gasteiger partial charge in [-0.3, -0.25) is 91.1 Å². The van der Waals surface area contributed by atoms with Crippen LogP contribution in [0.5, 0.6) is 0 Å². The monoisotopic (exact) mass is 2080 g/mol. The summed E-state index contributed by atoms with van der Waals surface area (Å²) >= 11 is 1.35. The topological polar surface area (TPSA) is 641 Å². The van der Waals surface area contributed by atoms with E-state index in [1.54, 1.807) is 118 Å². The number of carboxylic acid groups (broad SMARTS) is 3. The highest BCUT2D eigenvalue weighted by Gasteiger charge is 2.53. The maximum absolute atomic E-state index is 16.2. The predicted molar refractivity (Wildman–Crippen MR) is 545 cm³/mol. The summed E-state index contributed by atoms with van der Waals surface area (Å²) in [5.74, 6) is -21.4. The number of rotatable bonds is 17. The molecule has 14 atom stereocenters. The van der Waals surface area contributed by atoms with Crippen molar-refractivity contribution in [2.75, 3.05) is 32.8 Å². The van der Waals surface area contributed by atoms with Gasteiger partial charge in [-0.1, -0.05) is 130 Å². The number of fused-ring (bicyclic) bond motifs is 4. The lowest BCUT2D eigenvalue weighted by Crippen LogP contribution is -2.66. The molecular formula is C105H138N18O25S. The number of aliphatic carboxylic acids is 2. The highest BCUT2D eigenvalue weighted by Crippen LogP contribution is 2.36. The van der Waals surface area contributed by atoms with E-state index >= 15 is 43.2 Å². The lowest BCUT2D eigenvalue weighted by molar-refractivity contribution is -0.146. The molecule has 43 nitrogen and oxygen atoms in total. The summed E-state index contributed by atoms with van der Waals surface area (Å²) in [6.07, 6.45) is 0.719. The first kappa shape index (κ1) is 116. The number of aromatic carboxylic acids is 1. The average Bonchev–Trinajstić information content (AvgIpc) is 1.64. The largest absolute Gasteiger partial charge is 0.481 e. The van der Waals surface area contributed by atoms with Gasteiger partial charge in [0.2, 0.25) is 100 Å². The minimum Gasteiger partial charge on any atom is -0.481 e. The zero-order chi connectivity index (χ0) is 109. The molecule has 0 aliphatic carbocycles. The Morgan fingerprint density at radius 1 is 0.523 bits per heavy atom. The van der Waals surface area contributed by atoms with Crippen LogP contribution >= 0.6 is 11.3 Å². The molecule has 4 aromatic carbocycles. The Balaban J connectivity index is 1.06. The molecule has 0 radical (unpaired) electrons. The van der Waals surface area contributed by atoms with Crippen molar-refractivity contribution in [3.8, 4) is 0 Å². The molecular weight excluding hydrogens is 1950 g/mol. The van der Waals surface area contributed by atoms with Gasteiger partial charge in [0, 0.05) is 63.4 Å². The number of hydrogen-bond donors (Lipinski definition) is 19. The van der Waals surface area contributed by atoms with E-state index in [9.17, 15) is 72.9 Å². The van der Waals surface area contributed by atoms with Crippen LogP contribution in [0.4, 0.5) is 4.79 Å². The summed E-state index contributed by atoms with van der Waals surface area (Å²) in [6, 6.07) is 8.98. The van der Waals surface area contributed by atoms with Crippen LogP contribution in [0.3, 0.4) is 0 Å². The van der Waals surface area contributed by atoms with Gasteiger partial charge in [-0.15, -0.1) is 11.3 Å². The van der Waals surface area contributed by atoms with Gasteiger partial charge < -0.3 is 115 Å². The SMILES string of the molecule is CC(=O)N1CCC[C@]12C/C=C/CCC[C@@]1(CCC/C=C/CCCOC(=O)N3CC[C@@]4(C3)NC(=O)[C@H](CCCCNC(=O)CC[C@@H](C(=O)N[C@@H](C)C(N)=O)NC(=O)[C@H](Cc3csc5ccccc35)NC(=O)[C@H](Cc3ccccc3C)NC4=O)NC(=O)[C@H](Cc3ccccc3)NC(=O)[C@H](C)NC(=O)C(C)(C)NC(=O)[C@H](Cc3cccc(C(=O)O)c3)NC(=O)[C@H](CC(=O)O)NC1=O)NC(=O)[C@H](CC(C)(C)C)NC(=O)[C@H](CC(=O)O)NC2=O. The van der Waals surface area contributed by atoms with Gasteiger partial charge in [0.1, 0.15) is 88.6 Å². The number of nitrogens with one attached hydrogen (secondary N) is 15. The number of thiophene rings is 1. The maximum Gasteiger partial charge on any atom is 0.409 e. The zero-order valence-corrected chi connectivity index (χ0v) is 86.1. The fourth-order valence-electron chi connectivity index (χ4n) is 18.7. The third-order valence-corrected chi connectivity index (χ3v) is 28.1. The molecule has 20 N–H and O–H groups in total. The van der Waals surface area contributed by atoms with Crippen molar-refractivity contribution in [3.05, 3.63) is 166 Å². The smallest absolute Gasteiger partial charge is 0.409 e. The minimum atomic E-state index is -2.24. The predicted octanol–water partition coefficient (Wildman–Crippen LogP) is 2.98. The first-order chi connectivity index (χ1) is 70.6. The summed E-state index contributed by atoms with van der Waals surface area (Å²) in [6.45, 7) is 11.9. The lowest BCUT2D eigenvalue weighted by Gasteiger charge is -2.38. The normalized spacial score (nSPS) is 26.4. The number of carbonyl (C=O) groups excluding carboxylic acids is 18. The van der Waals surface area contributed by atoms with Crippen molar-refractivity contribution in [3.63, 3.8) is 0 Å². The molecule has 149 heavy (non-hydrogen) atoms. The standard InChI is InChI=1S/C105H138N18O25S/c1-61-31-19-20-35-67(61)54-76-89(135)114-75(55-69-59-149-80-39-22-21-37-70(69)80)88(134)111-72(86(132)108-62(2)84(106)130)40-41-81(125)107-47-27-23-38-71-92(138)121-104(98(145)116-76)46-49-122(60-104)100(147)148-50-28-15-11-10-12-24-42-103(43-25-13-14-26-44-105(45-30-48-123(105)64(4)124)99(146)118-78(57-83(128)129)91(137)115-79(94(140)120-103)58-101(5,6)7)97(144)117-77(56-82(126)127)90(136)113-74(53-66-34-29-36-68(51-66)95(141)142)93(139)119-102(8,9)96(143)109-63(3)85(131)112-73(87(133)110-71)52-65-32-17-16-18-33-65/h10-11,14,16-22,26,29,31-37,39,51,59,62-63,71-79H,12-13,15,23-25,27-28,30,38,40-50,52-58,60H2,1-9H3,(H2,106,130)(H,107,125)(H,108,132)(H,109,143)(H,110,133)(H,111,134)(H,112,131)(H,113,136)(H,114,135)(H,115,137)(H,116,145)(H,117,144)(H,118,146)(H,119,139)(H,120,140)(H,121,138)(H,126,127)(H,128,129)(H,141,142)/b11-10+,26-14+/t62-,63-,71-,72-,73-,74-,75-,76-,77-,78-,79-,103+,104-,105-/m0/s1. The number of nitrogens with two attached hydrogens (primary N) is 1. The Hall–Kier alpha value is -15.0. The minimum absolute atomic E-state index is 0.00296. The van der Waals surface area contributed by atoms with Crippen molar-refractivity contribution in [2.24, 2.45) is 11.1 Å². The highest BCUT2D eigenvalue weighted by atomic mass is 32.1. The molecule has 5 aliphatic rings. The summed E-state index contributed by atoms with van der Waals surface area (Å²) in [4.78, 5) is 310. The van der Waals surface area contributed by atoms with Gasteiger partial charge in [-0.25, -0.2) is 9.59 Å². The van der Waals surface area contributed by atoms with Crippen molar-refractivity contribution in [2.45, 2.75) is 305 Å². The molecule has 804 valence electrons. The molecule has 0 saturated carbocycles. The van der Waals surface area contributed by atoms with Gasteiger partial charge in [-0.2, -0.15) is 0 Å². The van der Waals surface area contributed by atoms with E-state index < -0.39 is 257 Å². The third-order valence-electron chi connectivity index (χ3n) is 27.1. The maximum atomic E-state index is 16.2. The summed E-state index contributed by atoms with van der Waals surface area (Å²) in [5.41, 5.74) is -1.48. The molecule has 5 aromatic rings. The third kappa shape index (κ3) is 33.0. The number of carbonyl (C=O) groups is 21. The Kier molecular flexibility index (Phi) is 41.3. The van der Waals surface area contributed by atoms with Crippen molar-refractivity contribution >= 4 is 146 Å². The Bertz CT molecular complexity index is 5860. The fourth-order valence-corrected chi connectivity index (χ4v) is 19.7. The van der Waals surface area contributed by atoms with Crippen LogP contribution in [0.1, 0.15) is 222 Å². The average molecular weight is 2080 g/mol. The van der Waals surface area contributed by atoms with E-state index in [0.29, 0.717) is 34.1 Å². The number of amides is 18. The van der Waals surface area contributed by atoms with Gasteiger partial charge in [0.25, 0.3) is 0 Å². The van der Waals surface area contributed by atoms with E-state index in [0.717, 1.165) is 9.60 Å². The molecule has 3 saturated heterocycles. The van der Waals surface area contributed by atoms with Crippen LogP contribution in [0.25, 0.3) is 10.1 Å². The molecule has 3 bridgehead atoms. The van der Waals surface area contributed by atoms with Gasteiger partial charge in [0.05, 0.1) is 31.6 Å². The van der Waals surface area contributed by atoms with Crippen LogP contribution in [-0.4, -0.2) is 271 Å². The second-order valence-corrected chi connectivity index (χ2v) is 41.4. The first-order valence-electron chi connectivity index (χ1n) is 50.3. The number of allylic oxidation sites excluding steroid dienone is 3. The fraction of sp³-hybridized carbons (Fsp3) is 0.514. The second-order valence-electron chi connectivity index (χ2n) is 40.5. The van der Waals surface area contributed by atoms with Crippen molar-refractivity contribution in [1.29, 1.82) is 0 Å². The Morgan fingerprint density at radius 3 is 1.73 bits per heavy atom. The number of ether oxygens (including phenoxy) is 1. The number of primary amides is 1. The van der Waals surface area contributed by atoms with Crippen LogP contribution in [-0.2, 0) is 122 Å². The molecule has 44 heteroatoms. The molecule has 10 rings (SSSR count). The van der Waals surface area contributed by atoms with E-state index in [2.05, 4.69) is 79.8 Å². The number of aryl methyl sites for hydroxylation is 1. The van der Waals surface area contributed by atoms with Gasteiger partial charge in [-0.05, 0) is 206 Å². The number of nitrogens with zero attached hydrogens (tertiary/aromatic N) is 2. The van der Waals surface area contributed by atoms with E-state index in [-0.39, 0.29) is 153 Å². The number of benzene rings is 4. The lowest BCUT2D eigenvalue weighted by atomic mass is 9.83. The van der Waals surface area contributed by atoms with E-state index in [1.165, 1.54) is 75.1 Å². The molecule has 6 heterocycles. The number of hydrogen-bond acceptors (Lipinski definition) is 23. The quantitative estimate of drug-likeness (QED) is 0.0595. The molecule has 5 aliphatic heterocycles. The van der Waals surface area contributed by atoms with E-state index in [1.807, 2.05) is 18.2 Å². The van der Waals surface area contributed by atoms with Crippen LogP contribution < -0.4 is 85.5 Å². The van der Waals surface area contributed by atoms with Crippen LogP contribution in [0, 0.1) is 12.3 Å². The Labute approximate surface area is 866 Å².